The monoisotopic (exact) mass is 392 g/mol. The van der Waals surface area contributed by atoms with Gasteiger partial charge in [0.05, 0.1) is 12.0 Å². The summed E-state index contributed by atoms with van der Waals surface area (Å²) in [5.74, 6) is -0.948. The molecule has 0 bridgehead atoms. The van der Waals surface area contributed by atoms with Crippen LogP contribution in [0.25, 0.3) is 0 Å². The molecule has 0 saturated carbocycles. The zero-order valence-corrected chi connectivity index (χ0v) is 15.7. The highest BCUT2D eigenvalue weighted by Gasteiger charge is 2.45. The van der Waals surface area contributed by atoms with Gasteiger partial charge in [-0.3, -0.25) is 14.1 Å². The van der Waals surface area contributed by atoms with Gasteiger partial charge in [-0.25, -0.2) is 9.18 Å². The predicted octanol–water partition coefficient (Wildman–Crippen LogP) is 0.809. The smallest absolute Gasteiger partial charge is 0.426 e. The average Bonchev–Trinajstić information content (AvgIpc) is 3.08. The van der Waals surface area contributed by atoms with Crippen molar-refractivity contribution >= 4 is 11.9 Å². The van der Waals surface area contributed by atoms with E-state index in [1.807, 2.05) is 0 Å². The number of piperidine rings is 1. The molecular weight excluding hydrogens is 369 g/mol. The molecule has 2 heterocycles. The van der Waals surface area contributed by atoms with Crippen molar-refractivity contribution in [3.05, 3.63) is 52.3 Å². The van der Waals surface area contributed by atoms with Crippen LogP contribution in [0.2, 0.25) is 0 Å². The van der Waals surface area contributed by atoms with Gasteiger partial charge in [-0.05, 0) is 49.2 Å². The van der Waals surface area contributed by atoms with Crippen LogP contribution in [-0.2, 0) is 27.3 Å². The summed E-state index contributed by atoms with van der Waals surface area (Å²) in [6, 6.07) is 5.99. The van der Waals surface area contributed by atoms with Crippen molar-refractivity contribution in [1.82, 2.24) is 10.2 Å². The number of hydrogen-bond donors (Lipinski definition) is 1. The maximum Gasteiger partial charge on any atom is 0.426 e. The third-order valence-corrected chi connectivity index (χ3v) is 4.92. The van der Waals surface area contributed by atoms with Gasteiger partial charge in [-0.15, -0.1) is 0 Å². The Hall–Kier alpha value is -2.97. The summed E-state index contributed by atoms with van der Waals surface area (Å²) in [4.78, 5) is 38.2. The summed E-state index contributed by atoms with van der Waals surface area (Å²) in [7, 11) is 0. The summed E-state index contributed by atoms with van der Waals surface area (Å²) >= 11 is 0. The molecule has 0 radical (unpaired) electrons. The molecular formula is C19H23FN3O5+. The van der Waals surface area contributed by atoms with E-state index in [9.17, 15) is 18.8 Å². The Labute approximate surface area is 160 Å². The lowest BCUT2D eigenvalue weighted by Gasteiger charge is -2.40. The first-order chi connectivity index (χ1) is 13.4. The lowest BCUT2D eigenvalue weighted by molar-refractivity contribution is -0.751. The molecule has 1 amide bonds. The summed E-state index contributed by atoms with van der Waals surface area (Å²) in [6.45, 7) is 2.59. The molecule has 1 atom stereocenters. The Balaban J connectivity index is 1.80. The van der Waals surface area contributed by atoms with E-state index in [-0.39, 0.29) is 37.4 Å². The molecule has 0 unspecified atom stereocenters. The molecule has 9 heteroatoms. The quantitative estimate of drug-likeness (QED) is 0.580. The van der Waals surface area contributed by atoms with Gasteiger partial charge in [-0.2, -0.15) is 0 Å². The van der Waals surface area contributed by atoms with Crippen LogP contribution < -0.4 is 10.3 Å². The maximum absolute atomic E-state index is 13.2. The molecule has 1 aromatic carbocycles. The fourth-order valence-corrected chi connectivity index (χ4v) is 3.61. The van der Waals surface area contributed by atoms with Crippen LogP contribution in [-0.4, -0.2) is 41.7 Å². The van der Waals surface area contributed by atoms with Crippen molar-refractivity contribution in [2.45, 2.75) is 32.7 Å². The van der Waals surface area contributed by atoms with Crippen molar-refractivity contribution in [2.24, 2.45) is 5.41 Å². The van der Waals surface area contributed by atoms with Gasteiger partial charge >= 0.3 is 11.6 Å². The number of H-pyrrole nitrogens is 1. The number of likely N-dealkylation sites (tertiary alicyclic amines) is 1. The average molecular weight is 392 g/mol. The fourth-order valence-electron chi connectivity index (χ4n) is 3.61. The first-order valence-electron chi connectivity index (χ1n) is 9.19. The molecule has 3 rings (SSSR count). The second-order valence-corrected chi connectivity index (χ2v) is 6.99. The minimum Gasteiger partial charge on any atom is -0.466 e. The zero-order chi connectivity index (χ0) is 20.1. The molecule has 28 heavy (non-hydrogen) atoms. The molecule has 8 nitrogen and oxygen atoms in total. The molecule has 1 aliphatic heterocycles. The van der Waals surface area contributed by atoms with Crippen molar-refractivity contribution in [3.63, 3.8) is 0 Å². The van der Waals surface area contributed by atoms with Crippen LogP contribution in [0, 0.1) is 11.2 Å². The lowest BCUT2D eigenvalue weighted by atomic mass is 9.75. The Kier molecular flexibility index (Phi) is 5.91. The van der Waals surface area contributed by atoms with Gasteiger partial charge in [0.2, 0.25) is 0 Å². The van der Waals surface area contributed by atoms with Gasteiger partial charge in [0, 0.05) is 13.1 Å². The van der Waals surface area contributed by atoms with Gasteiger partial charge in [-0.1, -0.05) is 16.8 Å². The first kappa shape index (κ1) is 19.8. The van der Waals surface area contributed by atoms with E-state index >= 15 is 0 Å². The topological polar surface area (TPSA) is 96.5 Å². The number of aromatic amines is 1. The van der Waals surface area contributed by atoms with Crippen LogP contribution >= 0.6 is 0 Å². The van der Waals surface area contributed by atoms with E-state index < -0.39 is 11.0 Å². The number of halogens is 1. The Morgan fingerprint density at radius 3 is 2.75 bits per heavy atom. The minimum absolute atomic E-state index is 0.0960. The molecule has 2 aromatic rings. The molecule has 1 saturated heterocycles. The second-order valence-electron chi connectivity index (χ2n) is 6.99. The molecule has 0 aliphatic carbocycles. The van der Waals surface area contributed by atoms with Crippen LogP contribution in [0.15, 0.2) is 39.8 Å². The zero-order valence-electron chi connectivity index (χ0n) is 15.7. The van der Waals surface area contributed by atoms with Crippen LogP contribution in [0.5, 0.6) is 0 Å². The molecule has 1 N–H and O–H groups in total. The first-order valence-corrected chi connectivity index (χ1v) is 9.19. The summed E-state index contributed by atoms with van der Waals surface area (Å²) in [5.41, 5.74) is -0.670. The highest BCUT2D eigenvalue weighted by atomic mass is 19.1. The maximum atomic E-state index is 13.2. The number of nitrogens with one attached hydrogen (secondary N) is 1. The Bertz CT molecular complexity index is 891. The molecule has 1 fully saturated rings. The highest BCUT2D eigenvalue weighted by Crippen LogP contribution is 2.35. The van der Waals surface area contributed by atoms with Crippen LogP contribution in [0.3, 0.4) is 0 Å². The van der Waals surface area contributed by atoms with E-state index in [0.29, 0.717) is 25.8 Å². The lowest BCUT2D eigenvalue weighted by Crippen LogP contribution is -2.54. The largest absolute Gasteiger partial charge is 0.466 e. The summed E-state index contributed by atoms with van der Waals surface area (Å²) in [5, 5.41) is 2.34. The van der Waals surface area contributed by atoms with E-state index in [4.69, 9.17) is 4.74 Å². The number of benzene rings is 1. The predicted molar refractivity (Wildman–Crippen MR) is 94.5 cm³/mol. The molecule has 1 aliphatic rings. The molecule has 1 aromatic heterocycles. The fraction of sp³-hybridized carbons (Fsp3) is 0.474. The van der Waals surface area contributed by atoms with Crippen molar-refractivity contribution in [2.75, 3.05) is 19.7 Å². The Morgan fingerprint density at radius 1 is 1.36 bits per heavy atom. The number of nitrogens with zero attached hydrogens (tertiary/aromatic N) is 2. The van der Waals surface area contributed by atoms with Crippen LogP contribution in [0.1, 0.15) is 25.3 Å². The van der Waals surface area contributed by atoms with Crippen molar-refractivity contribution < 1.29 is 27.9 Å². The van der Waals surface area contributed by atoms with E-state index in [1.165, 1.54) is 16.8 Å². The normalized spacial score (nSPS) is 19.4. The van der Waals surface area contributed by atoms with Crippen molar-refractivity contribution in [1.29, 1.82) is 0 Å². The molecule has 0 spiro atoms. The Morgan fingerprint density at radius 2 is 2.11 bits per heavy atom. The second kappa shape index (κ2) is 8.37. The highest BCUT2D eigenvalue weighted by molar-refractivity contribution is 5.80. The minimum atomic E-state index is -0.893. The van der Waals surface area contributed by atoms with Gasteiger partial charge in [0.25, 0.3) is 18.6 Å². The number of hydrogen-bond acceptors (Lipinski definition) is 5. The van der Waals surface area contributed by atoms with Gasteiger partial charge in [0.15, 0.2) is 0 Å². The standard InChI is InChI=1S/C19H22FN3O5/c1-2-27-18(26)19(10-14-4-6-15(20)7-5-14)8-3-9-22(13-19)16(24)11-23-12-17(25)28-21-23/h4-7,12H,2-3,8-11,13H2,1H3/p+1/t19-/m0/s1. The van der Waals surface area contributed by atoms with Crippen LogP contribution in [0.4, 0.5) is 4.39 Å². The van der Waals surface area contributed by atoms with E-state index in [1.54, 1.807) is 24.0 Å². The van der Waals surface area contributed by atoms with Crippen molar-refractivity contribution in [3.8, 4) is 0 Å². The van der Waals surface area contributed by atoms with E-state index in [2.05, 4.69) is 9.79 Å². The van der Waals surface area contributed by atoms with E-state index in [0.717, 1.165) is 11.8 Å². The summed E-state index contributed by atoms with van der Waals surface area (Å²) in [6.07, 6.45) is 2.71. The number of rotatable bonds is 6. The number of carbonyl (C=O) groups is 2. The summed E-state index contributed by atoms with van der Waals surface area (Å²) < 4.78 is 24.4. The number of carbonyl (C=O) groups excluding carboxylic acids is 2. The number of aromatic nitrogens is 2. The number of amides is 1. The number of esters is 1. The third-order valence-electron chi connectivity index (χ3n) is 4.92. The number of ether oxygens (including phenoxy) is 1. The van der Waals surface area contributed by atoms with Gasteiger partial charge in [0.1, 0.15) is 5.82 Å². The molecule has 150 valence electrons. The third kappa shape index (κ3) is 4.47. The SMILES string of the molecule is CCOC(=O)[C@]1(Cc2ccc(F)cc2)CCCN(C(=O)C[n+]2cc(=O)o[nH]2)C1. The van der Waals surface area contributed by atoms with Gasteiger partial charge < -0.3 is 9.64 Å².